The number of β-amino-alcohol motifs (C(OH)–C–C–N with tert-alkyl or cyclic N) is 1. The van der Waals surface area contributed by atoms with Crippen molar-refractivity contribution >= 4 is 39.6 Å². The van der Waals surface area contributed by atoms with E-state index >= 15 is 0 Å². The molecule has 5 aliphatic rings. The number of allylic oxidation sites excluding steroid dienone is 1. The summed E-state index contributed by atoms with van der Waals surface area (Å²) in [5.41, 5.74) is -1.37. The van der Waals surface area contributed by atoms with Gasteiger partial charge in [-0.3, -0.25) is 24.1 Å². The Morgan fingerprint density at radius 1 is 1.10 bits per heavy atom. The quantitative estimate of drug-likeness (QED) is 0.304. The standard InChI is InChI=1S/C27H37BrN4O8/c1-17-16-29-19(34)5-3-2-4-6-31(8-7-30-10-13-38-14-11-30)25(36)23-27-15-18(28)22(40-27)20(26(37)39-17)21(27)24(35)32(23)9-12-33/h2,4,15,17,20-23,33H,3,5-14,16H2,1H3,(H,29,34)/b4-2-/t17-,20+,21-,22+,23+,27-/m0/s1. The number of halogens is 1. The molecule has 0 aromatic heterocycles. The first kappa shape index (κ1) is 29.2. The third kappa shape index (κ3) is 5.46. The van der Waals surface area contributed by atoms with Crippen molar-refractivity contribution in [3.8, 4) is 0 Å². The SMILES string of the molecule is C[C@H]1CNC(=O)CC/C=C\CN(CCN2CCOCC2)C(=O)[C@H]2N(CCO)C(=O)[C@@H]3[C@@H](C(=O)O1)[C@@H]1O[C@@]32C=C1Br. The van der Waals surface area contributed by atoms with E-state index in [1.54, 1.807) is 17.9 Å². The number of fused-ring (bicyclic) bond motifs is 2. The van der Waals surface area contributed by atoms with E-state index in [4.69, 9.17) is 14.2 Å². The average molecular weight is 626 g/mol. The number of amides is 3. The van der Waals surface area contributed by atoms with E-state index in [9.17, 15) is 24.3 Å². The van der Waals surface area contributed by atoms with Gasteiger partial charge in [0, 0.05) is 50.2 Å². The number of nitrogens with one attached hydrogen (secondary N) is 1. The first-order valence-corrected chi connectivity index (χ1v) is 14.7. The molecule has 2 N–H and O–H groups in total. The Morgan fingerprint density at radius 3 is 2.62 bits per heavy atom. The first-order valence-electron chi connectivity index (χ1n) is 14.0. The summed E-state index contributed by atoms with van der Waals surface area (Å²) in [6.45, 7) is 5.50. The highest BCUT2D eigenvalue weighted by Gasteiger charge is 2.74. The first-order chi connectivity index (χ1) is 19.3. The maximum Gasteiger partial charge on any atom is 0.313 e. The second-order valence-corrected chi connectivity index (χ2v) is 11.8. The predicted octanol–water partition coefficient (Wildman–Crippen LogP) is -0.589. The summed E-state index contributed by atoms with van der Waals surface area (Å²) in [4.78, 5) is 59.3. The van der Waals surface area contributed by atoms with E-state index < -0.39 is 47.6 Å². The second kappa shape index (κ2) is 12.3. The van der Waals surface area contributed by atoms with Crippen molar-refractivity contribution in [2.24, 2.45) is 11.8 Å². The number of likely N-dealkylation sites (tertiary alicyclic amines) is 1. The lowest BCUT2D eigenvalue weighted by Gasteiger charge is -2.36. The van der Waals surface area contributed by atoms with Crippen LogP contribution in [0, 0.1) is 11.8 Å². The summed E-state index contributed by atoms with van der Waals surface area (Å²) in [5.74, 6) is -3.46. The van der Waals surface area contributed by atoms with Crippen molar-refractivity contribution in [1.29, 1.82) is 0 Å². The minimum atomic E-state index is -1.37. The van der Waals surface area contributed by atoms with Crippen LogP contribution in [-0.4, -0.2) is 133 Å². The monoisotopic (exact) mass is 624 g/mol. The maximum atomic E-state index is 14.4. The Labute approximate surface area is 241 Å². The van der Waals surface area contributed by atoms with Crippen LogP contribution < -0.4 is 5.32 Å². The normalized spacial score (nSPS) is 36.4. The van der Waals surface area contributed by atoms with Crippen LogP contribution in [0.1, 0.15) is 19.8 Å². The van der Waals surface area contributed by atoms with Gasteiger partial charge in [0.25, 0.3) is 0 Å². The summed E-state index contributed by atoms with van der Waals surface area (Å²) >= 11 is 3.51. The Hall–Kier alpha value is -2.32. The molecule has 12 nitrogen and oxygen atoms in total. The lowest BCUT2D eigenvalue weighted by Crippen LogP contribution is -2.57. The van der Waals surface area contributed by atoms with Gasteiger partial charge in [0.05, 0.1) is 32.3 Å². The molecular weight excluding hydrogens is 588 g/mol. The molecule has 3 fully saturated rings. The number of hydrogen-bond donors (Lipinski definition) is 2. The molecule has 5 rings (SSSR count). The van der Waals surface area contributed by atoms with Gasteiger partial charge in [-0.25, -0.2) is 0 Å². The van der Waals surface area contributed by atoms with Crippen molar-refractivity contribution in [2.75, 3.05) is 65.6 Å². The molecule has 5 bridgehead atoms. The van der Waals surface area contributed by atoms with Crippen molar-refractivity contribution in [3.05, 3.63) is 22.7 Å². The minimum Gasteiger partial charge on any atom is -0.460 e. The molecule has 5 aliphatic heterocycles. The van der Waals surface area contributed by atoms with Crippen LogP contribution in [0.3, 0.4) is 0 Å². The predicted molar refractivity (Wildman–Crippen MR) is 145 cm³/mol. The molecule has 0 aromatic carbocycles. The van der Waals surface area contributed by atoms with Gasteiger partial charge in [0.15, 0.2) is 0 Å². The fourth-order valence-corrected chi connectivity index (χ4v) is 7.10. The van der Waals surface area contributed by atoms with Crippen LogP contribution >= 0.6 is 15.9 Å². The van der Waals surface area contributed by atoms with Gasteiger partial charge in [0.1, 0.15) is 29.8 Å². The number of nitrogens with zero attached hydrogens (tertiary/aromatic N) is 3. The van der Waals surface area contributed by atoms with Crippen molar-refractivity contribution in [3.63, 3.8) is 0 Å². The molecule has 0 radical (unpaired) electrons. The maximum absolute atomic E-state index is 14.4. The van der Waals surface area contributed by atoms with Crippen LogP contribution in [0.4, 0.5) is 0 Å². The Balaban J connectivity index is 1.50. The van der Waals surface area contributed by atoms with Crippen LogP contribution in [0.15, 0.2) is 22.7 Å². The number of cyclic esters (lactones) is 1. The molecule has 0 unspecified atom stereocenters. The smallest absolute Gasteiger partial charge is 0.313 e. The number of rotatable bonds is 5. The molecule has 1 spiro atoms. The van der Waals surface area contributed by atoms with Gasteiger partial charge in [-0.2, -0.15) is 0 Å². The Bertz CT molecular complexity index is 1080. The largest absolute Gasteiger partial charge is 0.460 e. The number of ether oxygens (including phenoxy) is 3. The molecular formula is C27H37BrN4O8. The third-order valence-electron chi connectivity index (χ3n) is 8.31. The zero-order chi connectivity index (χ0) is 28.4. The van der Waals surface area contributed by atoms with E-state index in [1.807, 2.05) is 12.2 Å². The average Bonchev–Trinajstić information content (AvgIpc) is 3.52. The number of esters is 1. The molecule has 0 saturated carbocycles. The van der Waals surface area contributed by atoms with E-state index in [-0.39, 0.29) is 44.5 Å². The van der Waals surface area contributed by atoms with Gasteiger partial charge in [-0.15, -0.1) is 0 Å². The van der Waals surface area contributed by atoms with Crippen molar-refractivity contribution in [1.82, 2.24) is 20.0 Å². The molecule has 3 saturated heterocycles. The van der Waals surface area contributed by atoms with E-state index in [1.165, 1.54) is 4.90 Å². The minimum absolute atomic E-state index is 0.0652. The number of hydrogen-bond acceptors (Lipinski definition) is 9. The van der Waals surface area contributed by atoms with Gasteiger partial charge >= 0.3 is 5.97 Å². The number of aliphatic hydroxyl groups excluding tert-OH is 1. The fourth-order valence-electron chi connectivity index (χ4n) is 6.36. The summed E-state index contributed by atoms with van der Waals surface area (Å²) in [5, 5.41) is 12.6. The molecule has 40 heavy (non-hydrogen) atoms. The van der Waals surface area contributed by atoms with Gasteiger partial charge < -0.3 is 34.4 Å². The van der Waals surface area contributed by atoms with Gasteiger partial charge in [-0.05, 0) is 19.4 Å². The van der Waals surface area contributed by atoms with Crippen molar-refractivity contribution in [2.45, 2.75) is 43.6 Å². The Morgan fingerprint density at radius 2 is 1.88 bits per heavy atom. The second-order valence-electron chi connectivity index (χ2n) is 10.9. The summed E-state index contributed by atoms with van der Waals surface area (Å²) in [7, 11) is 0. The summed E-state index contributed by atoms with van der Waals surface area (Å²) < 4.78 is 18.1. The zero-order valence-corrected chi connectivity index (χ0v) is 24.2. The van der Waals surface area contributed by atoms with Gasteiger partial charge in [-0.1, -0.05) is 28.1 Å². The number of morpholine rings is 1. The van der Waals surface area contributed by atoms with Crippen LogP contribution in [0.25, 0.3) is 0 Å². The highest BCUT2D eigenvalue weighted by Crippen LogP contribution is 2.58. The number of aliphatic hydroxyl groups is 1. The fraction of sp³-hybridized carbons (Fsp3) is 0.704. The molecule has 220 valence electrons. The highest BCUT2D eigenvalue weighted by atomic mass is 79.9. The van der Waals surface area contributed by atoms with Crippen LogP contribution in [0.5, 0.6) is 0 Å². The van der Waals surface area contributed by atoms with Crippen LogP contribution in [0.2, 0.25) is 0 Å². The number of carbonyl (C=O) groups excluding carboxylic acids is 4. The van der Waals surface area contributed by atoms with Gasteiger partial charge in [0.2, 0.25) is 17.7 Å². The lowest BCUT2D eigenvalue weighted by atomic mass is 9.74. The highest BCUT2D eigenvalue weighted by molar-refractivity contribution is 9.11. The molecule has 3 amide bonds. The van der Waals surface area contributed by atoms with Crippen molar-refractivity contribution < 1.29 is 38.5 Å². The molecule has 0 aromatic rings. The molecule has 6 atom stereocenters. The summed E-state index contributed by atoms with van der Waals surface area (Å²) in [6, 6.07) is -1.05. The summed E-state index contributed by atoms with van der Waals surface area (Å²) in [6.07, 6.45) is 4.83. The zero-order valence-electron chi connectivity index (χ0n) is 22.6. The van der Waals surface area contributed by atoms with E-state index in [0.29, 0.717) is 37.2 Å². The Kier molecular flexibility index (Phi) is 8.95. The topological polar surface area (TPSA) is 138 Å². The van der Waals surface area contributed by atoms with Crippen LogP contribution in [-0.2, 0) is 33.4 Å². The van der Waals surface area contributed by atoms with E-state index in [0.717, 1.165) is 13.1 Å². The molecule has 13 heteroatoms. The molecule has 0 aliphatic carbocycles. The third-order valence-corrected chi connectivity index (χ3v) is 8.99. The number of carbonyl (C=O) groups is 4. The lowest BCUT2D eigenvalue weighted by molar-refractivity contribution is -0.158. The molecule has 5 heterocycles. The van der Waals surface area contributed by atoms with E-state index in [2.05, 4.69) is 26.1 Å².